The van der Waals surface area contributed by atoms with Crippen LogP contribution in [0.4, 0.5) is 4.79 Å². The minimum atomic E-state index is -0.497. The quantitative estimate of drug-likeness (QED) is 0.420. The van der Waals surface area contributed by atoms with Gasteiger partial charge in [0, 0.05) is 39.8 Å². The van der Waals surface area contributed by atoms with E-state index in [1.165, 1.54) is 4.90 Å². The molecule has 2 N–H and O–H groups in total. The third-order valence-corrected chi connectivity index (χ3v) is 3.87. The number of likely N-dealkylation sites (N-methyl/N-ethyl adjacent to an activating group) is 1. The van der Waals surface area contributed by atoms with E-state index in [1.54, 1.807) is 19.0 Å². The molecule has 1 heterocycles. The molecule has 1 aliphatic heterocycles. The molecule has 1 unspecified atom stereocenters. The number of carbonyl (C=O) groups excluding carboxylic acids is 2. The molecule has 0 spiro atoms. The van der Waals surface area contributed by atoms with Gasteiger partial charge in [0.1, 0.15) is 12.1 Å². The molecule has 0 saturated carbocycles. The minimum Gasteiger partial charge on any atom is -0.444 e. The highest BCUT2D eigenvalue weighted by Crippen LogP contribution is 2.15. The van der Waals surface area contributed by atoms with Crippen LogP contribution in [0.5, 0.6) is 0 Å². The lowest BCUT2D eigenvalue weighted by molar-refractivity contribution is -0.127. The first-order chi connectivity index (χ1) is 12.1. The lowest BCUT2D eigenvalue weighted by Gasteiger charge is -2.24. The Labute approximate surface area is 157 Å². The van der Waals surface area contributed by atoms with E-state index in [4.69, 9.17) is 4.74 Å². The molecule has 26 heavy (non-hydrogen) atoms. The van der Waals surface area contributed by atoms with Gasteiger partial charge in [0.05, 0.1) is 0 Å². The maximum Gasteiger partial charge on any atom is 0.410 e. The van der Waals surface area contributed by atoms with E-state index >= 15 is 0 Å². The maximum atomic E-state index is 12.2. The smallest absolute Gasteiger partial charge is 0.410 e. The first-order valence-corrected chi connectivity index (χ1v) is 9.35. The number of hydrogen-bond donors (Lipinski definition) is 2. The summed E-state index contributed by atoms with van der Waals surface area (Å²) in [5.74, 6) is 0.563. The largest absolute Gasteiger partial charge is 0.444 e. The number of rotatable bonds is 6. The van der Waals surface area contributed by atoms with E-state index < -0.39 is 5.60 Å². The molecule has 8 nitrogen and oxygen atoms in total. The molecular weight excluding hydrogens is 334 g/mol. The van der Waals surface area contributed by atoms with Crippen molar-refractivity contribution >= 4 is 18.0 Å². The number of amides is 2. The summed E-state index contributed by atoms with van der Waals surface area (Å²) in [6.07, 6.45) is 2.63. The number of ether oxygens (including phenoxy) is 1. The molecule has 1 aliphatic rings. The number of hydrogen-bond acceptors (Lipinski definition) is 4. The Morgan fingerprint density at radius 1 is 1.31 bits per heavy atom. The summed E-state index contributed by atoms with van der Waals surface area (Å²) in [4.78, 5) is 31.6. The van der Waals surface area contributed by atoms with E-state index in [0.717, 1.165) is 25.8 Å². The third kappa shape index (κ3) is 8.40. The number of nitrogens with zero attached hydrogens (tertiary/aromatic N) is 3. The average Bonchev–Trinajstić information content (AvgIpc) is 2.99. The Hall–Kier alpha value is -1.99. The van der Waals surface area contributed by atoms with Crippen molar-refractivity contribution in [2.24, 2.45) is 4.99 Å². The van der Waals surface area contributed by atoms with Gasteiger partial charge in [-0.1, -0.05) is 13.3 Å². The van der Waals surface area contributed by atoms with Crippen LogP contribution < -0.4 is 10.6 Å². The fourth-order valence-corrected chi connectivity index (χ4v) is 2.39. The Morgan fingerprint density at radius 3 is 2.58 bits per heavy atom. The van der Waals surface area contributed by atoms with Gasteiger partial charge in [-0.2, -0.15) is 0 Å². The summed E-state index contributed by atoms with van der Waals surface area (Å²) in [6, 6.07) is 0.0878. The minimum absolute atomic E-state index is 0.0524. The number of unbranched alkanes of at least 4 members (excludes halogenated alkanes) is 1. The van der Waals surface area contributed by atoms with Gasteiger partial charge in [0.25, 0.3) is 0 Å². The van der Waals surface area contributed by atoms with Crippen molar-refractivity contribution in [2.45, 2.75) is 58.6 Å². The zero-order valence-corrected chi connectivity index (χ0v) is 17.1. The summed E-state index contributed by atoms with van der Waals surface area (Å²) in [7, 11) is 3.43. The Kier molecular flexibility index (Phi) is 8.68. The number of likely N-dealkylation sites (tertiary alicyclic amines) is 1. The zero-order valence-electron chi connectivity index (χ0n) is 17.1. The van der Waals surface area contributed by atoms with Crippen molar-refractivity contribution in [2.75, 3.05) is 40.3 Å². The van der Waals surface area contributed by atoms with Gasteiger partial charge in [0.15, 0.2) is 5.96 Å². The number of nitrogens with one attached hydrogen (secondary N) is 2. The molecule has 0 aromatic carbocycles. The molecule has 1 fully saturated rings. The van der Waals surface area contributed by atoms with Crippen molar-refractivity contribution in [3.8, 4) is 0 Å². The van der Waals surface area contributed by atoms with Crippen molar-refractivity contribution in [3.05, 3.63) is 0 Å². The molecule has 0 aliphatic carbocycles. The summed E-state index contributed by atoms with van der Waals surface area (Å²) in [5, 5.41) is 6.59. The molecule has 1 rings (SSSR count). The monoisotopic (exact) mass is 369 g/mol. The molecule has 0 bridgehead atoms. The van der Waals surface area contributed by atoms with Crippen molar-refractivity contribution in [3.63, 3.8) is 0 Å². The van der Waals surface area contributed by atoms with Crippen molar-refractivity contribution < 1.29 is 14.3 Å². The fourth-order valence-electron chi connectivity index (χ4n) is 2.39. The van der Waals surface area contributed by atoms with Gasteiger partial charge < -0.3 is 25.2 Å². The molecule has 1 atom stereocenters. The predicted octanol–water partition coefficient (Wildman–Crippen LogP) is 1.42. The van der Waals surface area contributed by atoms with Gasteiger partial charge in [0.2, 0.25) is 5.91 Å². The first kappa shape index (κ1) is 22.1. The van der Waals surface area contributed by atoms with Crippen molar-refractivity contribution in [1.82, 2.24) is 20.4 Å². The van der Waals surface area contributed by atoms with Crippen LogP contribution in [-0.4, -0.2) is 79.7 Å². The highest BCUT2D eigenvalue weighted by molar-refractivity contribution is 5.85. The Balaban J connectivity index is 2.60. The number of carbonyl (C=O) groups is 2. The van der Waals surface area contributed by atoms with Gasteiger partial charge >= 0.3 is 6.09 Å². The molecule has 150 valence electrons. The Bertz CT molecular complexity index is 500. The molecule has 8 heteroatoms. The summed E-state index contributed by atoms with van der Waals surface area (Å²) in [6.45, 7) is 9.80. The van der Waals surface area contributed by atoms with Crippen LogP contribution in [0.3, 0.4) is 0 Å². The van der Waals surface area contributed by atoms with Gasteiger partial charge in [-0.25, -0.2) is 9.79 Å². The SMILES string of the molecule is CCCCNC(=NCC(=O)N(C)C)NC1CCN(C(=O)OC(C)(C)C)C1. The van der Waals surface area contributed by atoms with Crippen LogP contribution in [0.25, 0.3) is 0 Å². The van der Waals surface area contributed by atoms with Gasteiger partial charge in [-0.05, 0) is 33.6 Å². The standard InChI is InChI=1S/C18H35N5O3/c1-7-8-10-19-16(20-12-15(24)22(5)6)21-14-9-11-23(13-14)17(25)26-18(2,3)4/h14H,7-13H2,1-6H3,(H2,19,20,21). The van der Waals surface area contributed by atoms with Crippen molar-refractivity contribution in [1.29, 1.82) is 0 Å². The normalized spacial score (nSPS) is 17.8. The lowest BCUT2D eigenvalue weighted by atomic mass is 10.2. The van der Waals surface area contributed by atoms with E-state index in [-0.39, 0.29) is 24.6 Å². The van der Waals surface area contributed by atoms with Crippen LogP contribution in [0.1, 0.15) is 47.0 Å². The zero-order chi connectivity index (χ0) is 19.7. The molecular formula is C18H35N5O3. The lowest BCUT2D eigenvalue weighted by Crippen LogP contribution is -2.46. The highest BCUT2D eigenvalue weighted by Gasteiger charge is 2.30. The van der Waals surface area contributed by atoms with E-state index in [2.05, 4.69) is 22.5 Å². The van der Waals surface area contributed by atoms with Crippen LogP contribution in [-0.2, 0) is 9.53 Å². The molecule has 0 aromatic heterocycles. The fraction of sp³-hybridized carbons (Fsp3) is 0.833. The second-order valence-corrected chi connectivity index (χ2v) is 7.79. The van der Waals surface area contributed by atoms with Gasteiger partial charge in [-0.3, -0.25) is 4.79 Å². The summed E-state index contributed by atoms with van der Waals surface area (Å²) < 4.78 is 5.42. The number of guanidine groups is 1. The van der Waals surface area contributed by atoms with E-state index in [1.807, 2.05) is 20.8 Å². The Morgan fingerprint density at radius 2 is 2.00 bits per heavy atom. The van der Waals surface area contributed by atoms with Crippen LogP contribution in [0.2, 0.25) is 0 Å². The van der Waals surface area contributed by atoms with E-state index in [0.29, 0.717) is 19.0 Å². The first-order valence-electron chi connectivity index (χ1n) is 9.35. The molecule has 0 radical (unpaired) electrons. The van der Waals surface area contributed by atoms with Gasteiger partial charge in [-0.15, -0.1) is 0 Å². The second-order valence-electron chi connectivity index (χ2n) is 7.79. The van der Waals surface area contributed by atoms with Crippen LogP contribution in [0.15, 0.2) is 4.99 Å². The number of aliphatic imine (C=N–C) groups is 1. The van der Waals surface area contributed by atoms with E-state index in [9.17, 15) is 9.59 Å². The second kappa shape index (κ2) is 10.2. The maximum absolute atomic E-state index is 12.2. The molecule has 0 aromatic rings. The predicted molar refractivity (Wildman–Crippen MR) is 103 cm³/mol. The average molecular weight is 370 g/mol. The third-order valence-electron chi connectivity index (χ3n) is 3.87. The van der Waals surface area contributed by atoms with Crippen LogP contribution >= 0.6 is 0 Å². The molecule has 2 amide bonds. The topological polar surface area (TPSA) is 86.3 Å². The summed E-state index contributed by atoms with van der Waals surface area (Å²) in [5.41, 5.74) is -0.497. The summed E-state index contributed by atoms with van der Waals surface area (Å²) >= 11 is 0. The highest BCUT2D eigenvalue weighted by atomic mass is 16.6. The molecule has 1 saturated heterocycles. The van der Waals surface area contributed by atoms with Crippen LogP contribution in [0, 0.1) is 0 Å².